The van der Waals surface area contributed by atoms with E-state index in [1.54, 1.807) is 0 Å². The monoisotopic (exact) mass is 498 g/mol. The molecule has 1 aromatic heterocycles. The highest BCUT2D eigenvalue weighted by molar-refractivity contribution is 7.98. The minimum atomic E-state index is 0.00651. The molecular weight excluding hydrogens is 468 g/mol. The zero-order chi connectivity index (χ0) is 23.8. The van der Waals surface area contributed by atoms with Gasteiger partial charge >= 0.3 is 0 Å². The van der Waals surface area contributed by atoms with Crippen molar-refractivity contribution in [2.75, 3.05) is 25.4 Å². The quantitative estimate of drug-likeness (QED) is 0.380. The Bertz CT molecular complexity index is 1090. The van der Waals surface area contributed by atoms with Crippen LogP contribution in [-0.4, -0.2) is 46.3 Å². The van der Waals surface area contributed by atoms with Gasteiger partial charge in [0.15, 0.2) is 0 Å². The SMILES string of the molecule is Cc1cccc(-c2noc(CN3CCCC(C(=O)NCCCSCc4cccc(Cl)c4)C3)n2)c1. The van der Waals surface area contributed by atoms with Crippen molar-refractivity contribution in [1.82, 2.24) is 20.4 Å². The van der Waals surface area contributed by atoms with E-state index in [1.165, 1.54) is 5.56 Å². The highest BCUT2D eigenvalue weighted by Gasteiger charge is 2.26. The molecule has 2 aromatic carbocycles. The lowest BCUT2D eigenvalue weighted by Crippen LogP contribution is -2.43. The van der Waals surface area contributed by atoms with E-state index in [2.05, 4.69) is 26.4 Å². The zero-order valence-corrected chi connectivity index (χ0v) is 21.1. The summed E-state index contributed by atoms with van der Waals surface area (Å²) in [7, 11) is 0. The number of aryl methyl sites for hydroxylation is 1. The van der Waals surface area contributed by atoms with Gasteiger partial charge in [-0.3, -0.25) is 9.69 Å². The van der Waals surface area contributed by atoms with Crippen LogP contribution >= 0.6 is 23.4 Å². The van der Waals surface area contributed by atoms with E-state index in [4.69, 9.17) is 16.1 Å². The summed E-state index contributed by atoms with van der Waals surface area (Å²) in [5.74, 6) is 3.30. The fourth-order valence-corrected chi connectivity index (χ4v) is 5.29. The highest BCUT2D eigenvalue weighted by atomic mass is 35.5. The zero-order valence-electron chi connectivity index (χ0n) is 19.5. The molecule has 0 bridgehead atoms. The molecule has 1 atom stereocenters. The smallest absolute Gasteiger partial charge is 0.241 e. The van der Waals surface area contributed by atoms with E-state index in [0.29, 0.717) is 24.8 Å². The number of nitrogens with zero attached hydrogens (tertiary/aromatic N) is 3. The third kappa shape index (κ3) is 7.32. The Morgan fingerprint density at radius 2 is 2.15 bits per heavy atom. The number of benzene rings is 2. The predicted octanol–water partition coefficient (Wildman–Crippen LogP) is 5.35. The van der Waals surface area contributed by atoms with E-state index in [9.17, 15) is 4.79 Å². The van der Waals surface area contributed by atoms with Gasteiger partial charge in [0.2, 0.25) is 17.6 Å². The number of amides is 1. The largest absolute Gasteiger partial charge is 0.356 e. The Balaban J connectivity index is 1.17. The van der Waals surface area contributed by atoms with Crippen LogP contribution in [0.5, 0.6) is 0 Å². The molecule has 1 aliphatic rings. The molecule has 34 heavy (non-hydrogen) atoms. The molecule has 4 rings (SSSR count). The summed E-state index contributed by atoms with van der Waals surface area (Å²) < 4.78 is 5.49. The lowest BCUT2D eigenvalue weighted by atomic mass is 9.97. The van der Waals surface area contributed by atoms with Crippen molar-refractivity contribution < 1.29 is 9.32 Å². The topological polar surface area (TPSA) is 71.3 Å². The van der Waals surface area contributed by atoms with Crippen molar-refractivity contribution >= 4 is 29.3 Å². The van der Waals surface area contributed by atoms with Crippen LogP contribution in [0.25, 0.3) is 11.4 Å². The van der Waals surface area contributed by atoms with Gasteiger partial charge in [0.05, 0.1) is 12.5 Å². The molecule has 1 saturated heterocycles. The summed E-state index contributed by atoms with van der Waals surface area (Å²) in [6.45, 7) is 4.98. The fourth-order valence-electron chi connectivity index (χ4n) is 4.17. The number of thioether (sulfide) groups is 1. The molecule has 0 radical (unpaired) electrons. The summed E-state index contributed by atoms with van der Waals surface area (Å²) >= 11 is 7.89. The predicted molar refractivity (Wildman–Crippen MR) is 138 cm³/mol. The van der Waals surface area contributed by atoms with Gasteiger partial charge in [0.25, 0.3) is 0 Å². The minimum absolute atomic E-state index is 0.00651. The molecule has 180 valence electrons. The normalized spacial score (nSPS) is 16.5. The standard InChI is InChI=1S/C26H31ClN4O2S/c1-19-6-2-8-21(14-19)25-29-24(33-30-25)17-31-12-4-9-22(16-31)26(32)28-11-5-13-34-18-20-7-3-10-23(27)15-20/h2-3,6-8,10,14-15,22H,4-5,9,11-13,16-18H2,1H3,(H,28,32). The maximum absolute atomic E-state index is 12.7. The number of likely N-dealkylation sites (tertiary alicyclic amines) is 1. The van der Waals surface area contributed by atoms with Gasteiger partial charge in [-0.2, -0.15) is 16.7 Å². The Morgan fingerprint density at radius 3 is 3.00 bits per heavy atom. The van der Waals surface area contributed by atoms with Crippen LogP contribution in [0.4, 0.5) is 0 Å². The van der Waals surface area contributed by atoms with Gasteiger partial charge in [0, 0.05) is 29.4 Å². The second-order valence-corrected chi connectivity index (χ2v) is 10.3. The van der Waals surface area contributed by atoms with Crippen LogP contribution in [0.2, 0.25) is 5.02 Å². The maximum Gasteiger partial charge on any atom is 0.241 e. The molecule has 0 aliphatic carbocycles. The Hall–Kier alpha value is -2.35. The number of carbonyl (C=O) groups excluding carboxylic acids is 1. The van der Waals surface area contributed by atoms with E-state index in [0.717, 1.165) is 60.0 Å². The number of piperidine rings is 1. The molecular formula is C26H31ClN4O2S. The van der Waals surface area contributed by atoms with Crippen molar-refractivity contribution in [3.05, 3.63) is 70.6 Å². The van der Waals surface area contributed by atoms with E-state index >= 15 is 0 Å². The Labute approximate surface area is 210 Å². The first-order chi connectivity index (χ1) is 16.6. The Morgan fingerprint density at radius 1 is 1.26 bits per heavy atom. The Kier molecular flexibility index (Phi) is 9.02. The lowest BCUT2D eigenvalue weighted by Gasteiger charge is -2.30. The lowest BCUT2D eigenvalue weighted by molar-refractivity contribution is -0.126. The third-order valence-electron chi connectivity index (χ3n) is 5.90. The summed E-state index contributed by atoms with van der Waals surface area (Å²) in [6.07, 6.45) is 2.87. The van der Waals surface area contributed by atoms with Crippen molar-refractivity contribution in [2.24, 2.45) is 5.92 Å². The third-order valence-corrected chi connectivity index (χ3v) is 7.25. The molecule has 6 nitrogen and oxygen atoms in total. The van der Waals surface area contributed by atoms with Crippen molar-refractivity contribution in [3.8, 4) is 11.4 Å². The number of hydrogen-bond donors (Lipinski definition) is 1. The van der Waals surface area contributed by atoms with Gasteiger partial charge < -0.3 is 9.84 Å². The number of carbonyl (C=O) groups is 1. The van der Waals surface area contributed by atoms with Crippen molar-refractivity contribution in [2.45, 2.75) is 38.5 Å². The summed E-state index contributed by atoms with van der Waals surface area (Å²) in [5.41, 5.74) is 3.35. The van der Waals surface area contributed by atoms with Crippen LogP contribution in [-0.2, 0) is 17.1 Å². The van der Waals surface area contributed by atoms with Crippen LogP contribution in [0.15, 0.2) is 53.1 Å². The number of hydrogen-bond acceptors (Lipinski definition) is 6. The molecule has 1 aliphatic heterocycles. The second-order valence-electron chi connectivity index (χ2n) is 8.78. The average molecular weight is 499 g/mol. The van der Waals surface area contributed by atoms with Crippen LogP contribution in [0, 0.1) is 12.8 Å². The molecule has 1 amide bonds. The van der Waals surface area contributed by atoms with Gasteiger partial charge in [0.1, 0.15) is 0 Å². The molecule has 1 N–H and O–H groups in total. The number of nitrogens with one attached hydrogen (secondary N) is 1. The molecule has 0 saturated carbocycles. The molecule has 3 aromatic rings. The van der Waals surface area contributed by atoms with Crippen molar-refractivity contribution in [1.29, 1.82) is 0 Å². The number of halogens is 1. The van der Waals surface area contributed by atoms with Crippen LogP contribution in [0.1, 0.15) is 36.3 Å². The van der Waals surface area contributed by atoms with Gasteiger partial charge in [-0.05, 0) is 62.2 Å². The first-order valence-corrected chi connectivity index (χ1v) is 13.3. The second kappa shape index (κ2) is 12.4. The van der Waals surface area contributed by atoms with E-state index in [1.807, 2.05) is 61.2 Å². The molecule has 1 fully saturated rings. The maximum atomic E-state index is 12.7. The van der Waals surface area contributed by atoms with Gasteiger partial charge in [-0.1, -0.05) is 52.7 Å². The minimum Gasteiger partial charge on any atom is -0.356 e. The summed E-state index contributed by atoms with van der Waals surface area (Å²) in [4.78, 5) is 19.5. The molecule has 2 heterocycles. The van der Waals surface area contributed by atoms with Crippen LogP contribution < -0.4 is 5.32 Å². The van der Waals surface area contributed by atoms with Gasteiger partial charge in [-0.15, -0.1) is 0 Å². The van der Waals surface area contributed by atoms with Gasteiger partial charge in [-0.25, -0.2) is 0 Å². The summed E-state index contributed by atoms with van der Waals surface area (Å²) in [5, 5.41) is 8.03. The number of rotatable bonds is 10. The molecule has 1 unspecified atom stereocenters. The number of aromatic nitrogens is 2. The van der Waals surface area contributed by atoms with E-state index < -0.39 is 0 Å². The first kappa shape index (κ1) is 24.8. The highest BCUT2D eigenvalue weighted by Crippen LogP contribution is 2.21. The van der Waals surface area contributed by atoms with Crippen LogP contribution in [0.3, 0.4) is 0 Å². The summed E-state index contributed by atoms with van der Waals surface area (Å²) in [6, 6.07) is 16.0. The molecule has 0 spiro atoms. The first-order valence-electron chi connectivity index (χ1n) is 11.8. The van der Waals surface area contributed by atoms with Crippen molar-refractivity contribution in [3.63, 3.8) is 0 Å². The van der Waals surface area contributed by atoms with E-state index in [-0.39, 0.29) is 11.8 Å². The molecule has 8 heteroatoms. The average Bonchev–Trinajstić information content (AvgIpc) is 3.30. The fraction of sp³-hybridized carbons (Fsp3) is 0.423.